The molecule has 3 aromatic rings. The lowest BCUT2D eigenvalue weighted by molar-refractivity contribution is 0.198. The van der Waals surface area contributed by atoms with Crippen LogP contribution < -0.4 is 10.3 Å². The lowest BCUT2D eigenvalue weighted by Gasteiger charge is -2.32. The summed E-state index contributed by atoms with van der Waals surface area (Å²) < 4.78 is 5.30. The van der Waals surface area contributed by atoms with E-state index in [2.05, 4.69) is 14.9 Å². The first-order chi connectivity index (χ1) is 14.7. The number of aromatic amines is 1. The molecule has 7 nitrogen and oxygen atoms in total. The molecule has 0 radical (unpaired) electrons. The molecule has 0 bridgehead atoms. The molecule has 1 aliphatic rings. The molecule has 156 valence electrons. The monoisotopic (exact) mass is 406 g/mol. The fourth-order valence-corrected chi connectivity index (χ4v) is 4.08. The molecule has 0 aliphatic carbocycles. The Balaban J connectivity index is 1.52. The smallest absolute Gasteiger partial charge is 0.251 e. The second-order valence-electron chi connectivity index (χ2n) is 7.63. The van der Waals surface area contributed by atoms with E-state index in [1.807, 2.05) is 30.3 Å². The molecule has 4 rings (SSSR count). The number of nitrogens with zero attached hydrogens (tertiary/aromatic N) is 3. The third-order valence-electron chi connectivity index (χ3n) is 5.56. The minimum Gasteiger partial charge on any atom is -0.496 e. The van der Waals surface area contributed by atoms with E-state index in [-0.39, 0.29) is 18.1 Å². The van der Waals surface area contributed by atoms with Crippen molar-refractivity contribution in [1.29, 1.82) is 0 Å². The van der Waals surface area contributed by atoms with Crippen LogP contribution in [0, 0.1) is 0 Å². The molecule has 1 aliphatic heterocycles. The minimum atomic E-state index is -0.133. The molecule has 2 aromatic heterocycles. The number of H-pyrrole nitrogens is 1. The van der Waals surface area contributed by atoms with Crippen LogP contribution in [0.15, 0.2) is 53.6 Å². The van der Waals surface area contributed by atoms with Gasteiger partial charge >= 0.3 is 0 Å². The summed E-state index contributed by atoms with van der Waals surface area (Å²) in [6, 6.07) is 11.2. The predicted octanol–water partition coefficient (Wildman–Crippen LogP) is 2.71. The number of hydrogen-bond acceptors (Lipinski definition) is 6. The van der Waals surface area contributed by atoms with Gasteiger partial charge in [-0.3, -0.25) is 14.7 Å². The van der Waals surface area contributed by atoms with Crippen molar-refractivity contribution >= 4 is 0 Å². The molecule has 1 fully saturated rings. The van der Waals surface area contributed by atoms with Crippen LogP contribution in [0.25, 0.3) is 11.4 Å². The minimum absolute atomic E-state index is 0.0475. The second-order valence-corrected chi connectivity index (χ2v) is 7.63. The van der Waals surface area contributed by atoms with E-state index in [1.54, 1.807) is 25.6 Å². The second kappa shape index (κ2) is 9.19. The third-order valence-corrected chi connectivity index (χ3v) is 5.56. The quantitative estimate of drug-likeness (QED) is 0.654. The molecule has 1 saturated heterocycles. The Bertz CT molecular complexity index is 1050. The maximum atomic E-state index is 12.3. The zero-order chi connectivity index (χ0) is 20.9. The van der Waals surface area contributed by atoms with Crippen LogP contribution in [0.5, 0.6) is 5.75 Å². The van der Waals surface area contributed by atoms with Gasteiger partial charge in [0.25, 0.3) is 5.56 Å². The van der Waals surface area contributed by atoms with Crippen LogP contribution in [-0.4, -0.2) is 45.2 Å². The normalized spacial score (nSPS) is 17.1. The molecule has 3 heterocycles. The molecule has 0 saturated carbocycles. The summed E-state index contributed by atoms with van der Waals surface area (Å²) in [5.74, 6) is 1.49. The van der Waals surface area contributed by atoms with Gasteiger partial charge in [0, 0.05) is 48.6 Å². The highest BCUT2D eigenvalue weighted by Crippen LogP contribution is 2.28. The van der Waals surface area contributed by atoms with Gasteiger partial charge in [0.1, 0.15) is 11.6 Å². The van der Waals surface area contributed by atoms with E-state index in [1.165, 1.54) is 0 Å². The molecule has 1 aromatic carbocycles. The third kappa shape index (κ3) is 4.58. The summed E-state index contributed by atoms with van der Waals surface area (Å²) in [7, 11) is 1.61. The van der Waals surface area contributed by atoms with Crippen LogP contribution >= 0.6 is 0 Å². The van der Waals surface area contributed by atoms with Crippen molar-refractivity contribution in [2.75, 3.05) is 20.2 Å². The highest BCUT2D eigenvalue weighted by atomic mass is 16.5. The lowest BCUT2D eigenvalue weighted by Crippen LogP contribution is -2.34. The van der Waals surface area contributed by atoms with Gasteiger partial charge in [0.15, 0.2) is 0 Å². The molecule has 0 amide bonds. The number of likely N-dealkylation sites (tertiary alicyclic amines) is 1. The van der Waals surface area contributed by atoms with E-state index >= 15 is 0 Å². The summed E-state index contributed by atoms with van der Waals surface area (Å²) in [5.41, 5.74) is 3.48. The summed E-state index contributed by atoms with van der Waals surface area (Å²) in [5, 5.41) is 9.58. The average Bonchev–Trinajstić information content (AvgIpc) is 2.79. The number of hydrogen-bond donors (Lipinski definition) is 2. The summed E-state index contributed by atoms with van der Waals surface area (Å²) >= 11 is 0. The van der Waals surface area contributed by atoms with Gasteiger partial charge in [0.2, 0.25) is 0 Å². The van der Waals surface area contributed by atoms with Crippen LogP contribution in [-0.2, 0) is 13.2 Å². The SMILES string of the molecule is COc1ccc(CN2CCCC(c3cc(=O)[nH]c(-c4ccncc4)n3)C2)cc1CO. The predicted molar refractivity (Wildman–Crippen MR) is 114 cm³/mol. The molecule has 0 spiro atoms. The van der Waals surface area contributed by atoms with E-state index in [4.69, 9.17) is 9.72 Å². The fourth-order valence-electron chi connectivity index (χ4n) is 4.08. The number of benzene rings is 1. The van der Waals surface area contributed by atoms with Gasteiger partial charge in [-0.25, -0.2) is 4.98 Å². The van der Waals surface area contributed by atoms with E-state index < -0.39 is 0 Å². The maximum absolute atomic E-state index is 12.3. The van der Waals surface area contributed by atoms with Gasteiger partial charge in [-0.15, -0.1) is 0 Å². The molecule has 30 heavy (non-hydrogen) atoms. The molecular formula is C23H26N4O3. The zero-order valence-electron chi connectivity index (χ0n) is 17.0. The van der Waals surface area contributed by atoms with Crippen molar-refractivity contribution < 1.29 is 9.84 Å². The molecular weight excluding hydrogens is 380 g/mol. The number of aliphatic hydroxyl groups is 1. The zero-order valence-corrected chi connectivity index (χ0v) is 17.0. The Hall–Kier alpha value is -3.03. The molecule has 2 N–H and O–H groups in total. The lowest BCUT2D eigenvalue weighted by atomic mass is 9.94. The van der Waals surface area contributed by atoms with Crippen molar-refractivity contribution in [3.05, 3.63) is 76.0 Å². The van der Waals surface area contributed by atoms with E-state index in [0.29, 0.717) is 11.6 Å². The number of aromatic nitrogens is 3. The number of rotatable bonds is 6. The van der Waals surface area contributed by atoms with Crippen LogP contribution in [0.3, 0.4) is 0 Å². The molecule has 1 atom stereocenters. The Kier molecular flexibility index (Phi) is 6.21. The topological polar surface area (TPSA) is 91.3 Å². The van der Waals surface area contributed by atoms with Crippen molar-refractivity contribution in [3.8, 4) is 17.1 Å². The molecule has 1 unspecified atom stereocenters. The van der Waals surface area contributed by atoms with Gasteiger partial charge < -0.3 is 14.8 Å². The fraction of sp³-hybridized carbons (Fsp3) is 0.348. The summed E-state index contributed by atoms with van der Waals surface area (Å²) in [4.78, 5) is 26.3. The Morgan fingerprint density at radius 2 is 2.07 bits per heavy atom. The first kappa shape index (κ1) is 20.3. The van der Waals surface area contributed by atoms with E-state index in [0.717, 1.165) is 54.9 Å². The molecule has 7 heteroatoms. The Morgan fingerprint density at radius 1 is 1.23 bits per heavy atom. The first-order valence-electron chi connectivity index (χ1n) is 10.2. The first-order valence-corrected chi connectivity index (χ1v) is 10.2. The van der Waals surface area contributed by atoms with Crippen molar-refractivity contribution in [1.82, 2.24) is 19.9 Å². The summed E-state index contributed by atoms with van der Waals surface area (Å²) in [6.45, 7) is 2.58. The van der Waals surface area contributed by atoms with Gasteiger partial charge in [-0.05, 0) is 49.2 Å². The standard InChI is InChI=1S/C23H26N4O3/c1-30-21-5-4-16(11-19(21)15-28)13-27-10-2-3-18(14-27)20-12-22(29)26-23(25-20)17-6-8-24-9-7-17/h4-9,11-12,18,28H,2-3,10,13-15H2,1H3,(H,25,26,29). The number of aliphatic hydroxyl groups excluding tert-OH is 1. The van der Waals surface area contributed by atoms with Crippen molar-refractivity contribution in [2.24, 2.45) is 0 Å². The van der Waals surface area contributed by atoms with Gasteiger partial charge in [-0.1, -0.05) is 6.07 Å². The largest absolute Gasteiger partial charge is 0.496 e. The van der Waals surface area contributed by atoms with E-state index in [9.17, 15) is 9.90 Å². The van der Waals surface area contributed by atoms with Crippen LogP contribution in [0.4, 0.5) is 0 Å². The Morgan fingerprint density at radius 3 is 2.83 bits per heavy atom. The van der Waals surface area contributed by atoms with Crippen molar-refractivity contribution in [3.63, 3.8) is 0 Å². The average molecular weight is 406 g/mol. The number of methoxy groups -OCH3 is 1. The van der Waals surface area contributed by atoms with Gasteiger partial charge in [-0.2, -0.15) is 0 Å². The van der Waals surface area contributed by atoms with Gasteiger partial charge in [0.05, 0.1) is 19.4 Å². The highest BCUT2D eigenvalue weighted by molar-refractivity contribution is 5.53. The Labute approximate surface area is 175 Å². The maximum Gasteiger partial charge on any atom is 0.251 e. The number of piperidine rings is 1. The number of pyridine rings is 1. The van der Waals surface area contributed by atoms with Crippen LogP contribution in [0.2, 0.25) is 0 Å². The van der Waals surface area contributed by atoms with Crippen molar-refractivity contribution in [2.45, 2.75) is 31.9 Å². The number of nitrogens with one attached hydrogen (secondary N) is 1. The summed E-state index contributed by atoms with van der Waals surface area (Å²) in [6.07, 6.45) is 5.44. The highest BCUT2D eigenvalue weighted by Gasteiger charge is 2.23. The van der Waals surface area contributed by atoms with Crippen LogP contribution in [0.1, 0.15) is 35.6 Å². The number of ether oxygens (including phenoxy) is 1.